The average molecular weight is 289 g/mol. The Kier molecular flexibility index (Phi) is 5.77. The second-order valence-electron chi connectivity index (χ2n) is 3.93. The van der Waals surface area contributed by atoms with Crippen molar-refractivity contribution in [2.75, 3.05) is 29.6 Å². The molecule has 0 bridgehead atoms. The molecular formula is C11H19N3O2S2. The summed E-state index contributed by atoms with van der Waals surface area (Å²) < 4.78 is 22.8. The van der Waals surface area contributed by atoms with Gasteiger partial charge in [-0.3, -0.25) is 0 Å². The molecule has 7 heteroatoms. The molecule has 0 unspecified atom stereocenters. The van der Waals surface area contributed by atoms with Gasteiger partial charge in [-0.05, 0) is 43.0 Å². The molecule has 0 saturated carbocycles. The van der Waals surface area contributed by atoms with Crippen LogP contribution in [0.2, 0.25) is 0 Å². The van der Waals surface area contributed by atoms with E-state index in [0.717, 1.165) is 18.6 Å². The normalized spacial score (nSPS) is 11.4. The van der Waals surface area contributed by atoms with E-state index in [1.807, 2.05) is 0 Å². The van der Waals surface area contributed by atoms with Crippen LogP contribution in [-0.2, 0) is 10.0 Å². The first-order chi connectivity index (χ1) is 8.45. The Hall–Kier alpha value is -0.920. The number of hydrogen-bond donors (Lipinski definition) is 3. The number of nitrogens with one attached hydrogen (secondary N) is 1. The van der Waals surface area contributed by atoms with Crippen LogP contribution < -0.4 is 16.2 Å². The summed E-state index contributed by atoms with van der Waals surface area (Å²) in [5, 5.41) is 8.23. The van der Waals surface area contributed by atoms with E-state index in [0.29, 0.717) is 17.9 Å². The molecule has 0 amide bonds. The van der Waals surface area contributed by atoms with E-state index in [4.69, 9.17) is 10.9 Å². The van der Waals surface area contributed by atoms with Crippen molar-refractivity contribution in [1.82, 2.24) is 0 Å². The lowest BCUT2D eigenvalue weighted by molar-refractivity contribution is 0.598. The Morgan fingerprint density at radius 2 is 2.06 bits per heavy atom. The number of rotatable bonds is 7. The van der Waals surface area contributed by atoms with Gasteiger partial charge in [-0.1, -0.05) is 0 Å². The van der Waals surface area contributed by atoms with Crippen molar-refractivity contribution in [3.8, 4) is 0 Å². The van der Waals surface area contributed by atoms with Crippen LogP contribution in [0.25, 0.3) is 0 Å². The predicted molar refractivity (Wildman–Crippen MR) is 78.3 cm³/mol. The van der Waals surface area contributed by atoms with Gasteiger partial charge in [-0.15, -0.1) is 0 Å². The SMILES string of the molecule is CSCCCCNc1ccc(N)cc1S(N)(=O)=O. The third-order valence-corrected chi connectivity index (χ3v) is 4.05. The van der Waals surface area contributed by atoms with Crippen molar-refractivity contribution in [1.29, 1.82) is 0 Å². The summed E-state index contributed by atoms with van der Waals surface area (Å²) in [6.45, 7) is 0.715. The number of unbranched alkanes of at least 4 members (excludes halogenated alkanes) is 1. The number of sulfonamides is 1. The number of anilines is 2. The van der Waals surface area contributed by atoms with E-state index < -0.39 is 10.0 Å². The van der Waals surface area contributed by atoms with Crippen molar-refractivity contribution < 1.29 is 8.42 Å². The maximum Gasteiger partial charge on any atom is 0.240 e. The number of nitrogen functional groups attached to an aromatic ring is 1. The fourth-order valence-corrected chi connectivity index (χ4v) is 2.75. The maximum absolute atomic E-state index is 11.4. The third-order valence-electron chi connectivity index (χ3n) is 2.40. The lowest BCUT2D eigenvalue weighted by Gasteiger charge is -2.11. The van der Waals surface area contributed by atoms with E-state index in [-0.39, 0.29) is 4.90 Å². The van der Waals surface area contributed by atoms with Gasteiger partial charge in [-0.25, -0.2) is 13.6 Å². The summed E-state index contributed by atoms with van der Waals surface area (Å²) in [5.74, 6) is 1.10. The van der Waals surface area contributed by atoms with Gasteiger partial charge in [0.1, 0.15) is 4.90 Å². The summed E-state index contributed by atoms with van der Waals surface area (Å²) in [6.07, 6.45) is 4.13. The highest BCUT2D eigenvalue weighted by atomic mass is 32.2. The first-order valence-electron chi connectivity index (χ1n) is 5.60. The van der Waals surface area contributed by atoms with E-state index in [2.05, 4.69) is 11.6 Å². The molecule has 1 aromatic carbocycles. The van der Waals surface area contributed by atoms with Crippen molar-refractivity contribution in [3.63, 3.8) is 0 Å². The number of benzene rings is 1. The van der Waals surface area contributed by atoms with E-state index in [9.17, 15) is 8.42 Å². The first-order valence-corrected chi connectivity index (χ1v) is 8.54. The zero-order chi connectivity index (χ0) is 13.6. The summed E-state index contributed by atoms with van der Waals surface area (Å²) in [5.41, 5.74) is 6.46. The fourth-order valence-electron chi connectivity index (χ4n) is 1.51. The molecule has 0 fully saturated rings. The van der Waals surface area contributed by atoms with Gasteiger partial charge in [0, 0.05) is 12.2 Å². The molecule has 18 heavy (non-hydrogen) atoms. The maximum atomic E-state index is 11.4. The van der Waals surface area contributed by atoms with Gasteiger partial charge in [-0.2, -0.15) is 11.8 Å². The van der Waals surface area contributed by atoms with Gasteiger partial charge >= 0.3 is 0 Å². The molecule has 1 aromatic rings. The second-order valence-corrected chi connectivity index (χ2v) is 6.44. The van der Waals surface area contributed by atoms with Gasteiger partial charge in [0.15, 0.2) is 0 Å². The van der Waals surface area contributed by atoms with E-state index >= 15 is 0 Å². The van der Waals surface area contributed by atoms with Gasteiger partial charge < -0.3 is 11.1 Å². The molecule has 0 radical (unpaired) electrons. The second kappa shape index (κ2) is 6.86. The molecule has 0 spiro atoms. The van der Waals surface area contributed by atoms with Crippen LogP contribution in [0.5, 0.6) is 0 Å². The molecule has 5 N–H and O–H groups in total. The van der Waals surface area contributed by atoms with Gasteiger partial charge in [0.2, 0.25) is 10.0 Å². The van der Waals surface area contributed by atoms with Crippen LogP contribution in [0.15, 0.2) is 23.1 Å². The Morgan fingerprint density at radius 3 is 2.67 bits per heavy atom. The third kappa shape index (κ3) is 4.75. The van der Waals surface area contributed by atoms with Crippen molar-refractivity contribution >= 4 is 33.2 Å². The molecular weight excluding hydrogens is 270 g/mol. The van der Waals surface area contributed by atoms with Crippen LogP contribution in [0.3, 0.4) is 0 Å². The molecule has 102 valence electrons. The summed E-state index contributed by atoms with van der Waals surface area (Å²) in [4.78, 5) is 0.0485. The highest BCUT2D eigenvalue weighted by Gasteiger charge is 2.13. The summed E-state index contributed by atoms with van der Waals surface area (Å²) in [6, 6.07) is 4.67. The topological polar surface area (TPSA) is 98.2 Å². The van der Waals surface area contributed by atoms with Crippen LogP contribution in [0, 0.1) is 0 Å². The summed E-state index contributed by atoms with van der Waals surface area (Å²) >= 11 is 1.80. The van der Waals surface area contributed by atoms with Crippen LogP contribution in [-0.4, -0.2) is 27.0 Å². The number of primary sulfonamides is 1. The Morgan fingerprint density at radius 1 is 1.33 bits per heavy atom. The molecule has 0 atom stereocenters. The minimum absolute atomic E-state index is 0.0485. The zero-order valence-electron chi connectivity index (χ0n) is 10.3. The van der Waals surface area contributed by atoms with Crippen LogP contribution >= 0.6 is 11.8 Å². The number of nitrogens with two attached hydrogens (primary N) is 2. The van der Waals surface area contributed by atoms with Crippen molar-refractivity contribution in [2.24, 2.45) is 5.14 Å². The van der Waals surface area contributed by atoms with Gasteiger partial charge in [0.25, 0.3) is 0 Å². The van der Waals surface area contributed by atoms with Crippen molar-refractivity contribution in [2.45, 2.75) is 17.7 Å². The molecule has 0 aromatic heterocycles. The minimum atomic E-state index is -3.75. The molecule has 0 aliphatic rings. The quantitative estimate of drug-likeness (QED) is 0.521. The Labute approximate surface area is 112 Å². The molecule has 0 aliphatic carbocycles. The molecule has 0 aliphatic heterocycles. The average Bonchev–Trinajstić information content (AvgIpc) is 2.29. The largest absolute Gasteiger partial charge is 0.399 e. The van der Waals surface area contributed by atoms with E-state index in [1.165, 1.54) is 6.07 Å². The molecule has 1 rings (SSSR count). The Balaban J connectivity index is 2.71. The highest BCUT2D eigenvalue weighted by molar-refractivity contribution is 7.98. The van der Waals surface area contributed by atoms with Crippen LogP contribution in [0.4, 0.5) is 11.4 Å². The smallest absolute Gasteiger partial charge is 0.240 e. The number of hydrogen-bond acceptors (Lipinski definition) is 5. The zero-order valence-corrected chi connectivity index (χ0v) is 12.0. The minimum Gasteiger partial charge on any atom is -0.399 e. The van der Waals surface area contributed by atoms with Crippen LogP contribution in [0.1, 0.15) is 12.8 Å². The lowest BCUT2D eigenvalue weighted by Crippen LogP contribution is -2.16. The molecule has 5 nitrogen and oxygen atoms in total. The first kappa shape index (κ1) is 15.1. The predicted octanol–water partition coefficient (Wildman–Crippen LogP) is 1.47. The lowest BCUT2D eigenvalue weighted by atomic mass is 10.2. The van der Waals surface area contributed by atoms with Gasteiger partial charge in [0.05, 0.1) is 5.69 Å². The highest BCUT2D eigenvalue weighted by Crippen LogP contribution is 2.22. The van der Waals surface area contributed by atoms with E-state index in [1.54, 1.807) is 23.9 Å². The molecule has 0 saturated heterocycles. The molecule has 0 heterocycles. The number of thioether (sulfide) groups is 1. The standard InChI is InChI=1S/C11H19N3O2S2/c1-17-7-3-2-6-14-10-5-4-9(12)8-11(10)18(13,15)16/h4-5,8,14H,2-3,6-7,12H2,1H3,(H2,13,15,16). The fraction of sp³-hybridized carbons (Fsp3) is 0.455. The summed E-state index contributed by atoms with van der Waals surface area (Å²) in [7, 11) is -3.75. The van der Waals surface area contributed by atoms with Crippen molar-refractivity contribution in [3.05, 3.63) is 18.2 Å². The Bertz CT molecular complexity index is 489. The monoisotopic (exact) mass is 289 g/mol.